The van der Waals surface area contributed by atoms with E-state index in [2.05, 4.69) is 32.9 Å². The number of pyridine rings is 1. The van der Waals surface area contributed by atoms with Crippen molar-refractivity contribution in [1.29, 1.82) is 0 Å². The van der Waals surface area contributed by atoms with E-state index in [9.17, 15) is 0 Å². The number of imidazole rings is 1. The van der Waals surface area contributed by atoms with Gasteiger partial charge in [-0.1, -0.05) is 6.07 Å². The largest absolute Gasteiger partial charge is 0.368 e. The molecule has 2 aliphatic carbocycles. The zero-order valence-electron chi connectivity index (χ0n) is 9.84. The third-order valence-corrected chi connectivity index (χ3v) is 4.00. The zero-order chi connectivity index (χ0) is 11.2. The topological polar surface area (TPSA) is 29.3 Å². The quantitative estimate of drug-likeness (QED) is 0.870. The van der Waals surface area contributed by atoms with Gasteiger partial charge in [0.2, 0.25) is 0 Å². The van der Waals surface area contributed by atoms with Gasteiger partial charge < -0.3 is 5.32 Å². The number of hydrogen-bond acceptors (Lipinski definition) is 2. The fourth-order valence-corrected chi connectivity index (χ4v) is 2.77. The fourth-order valence-electron chi connectivity index (χ4n) is 2.77. The Labute approximate surface area is 101 Å². The number of rotatable bonds is 4. The summed E-state index contributed by atoms with van der Waals surface area (Å²) in [5.41, 5.74) is 1.03. The molecule has 4 rings (SSSR count). The number of anilines is 1. The average Bonchev–Trinajstić information content (AvgIpc) is 3.25. The molecule has 3 heteroatoms. The van der Waals surface area contributed by atoms with Crippen LogP contribution in [0.3, 0.4) is 0 Å². The zero-order valence-corrected chi connectivity index (χ0v) is 9.84. The van der Waals surface area contributed by atoms with Gasteiger partial charge in [0, 0.05) is 18.4 Å². The van der Waals surface area contributed by atoms with Gasteiger partial charge in [-0.25, -0.2) is 4.98 Å². The Bertz CT molecular complexity index is 525. The molecule has 2 aromatic heterocycles. The van der Waals surface area contributed by atoms with Crippen LogP contribution in [0.1, 0.15) is 25.7 Å². The maximum atomic E-state index is 4.33. The molecule has 2 fully saturated rings. The van der Waals surface area contributed by atoms with Gasteiger partial charge >= 0.3 is 0 Å². The molecule has 0 bridgehead atoms. The Balaban J connectivity index is 1.66. The molecule has 2 aliphatic rings. The summed E-state index contributed by atoms with van der Waals surface area (Å²) in [6.07, 6.45) is 9.54. The lowest BCUT2D eigenvalue weighted by Gasteiger charge is -2.19. The summed E-state index contributed by atoms with van der Waals surface area (Å²) in [7, 11) is 0. The minimum absolute atomic E-state index is 0.697. The van der Waals surface area contributed by atoms with E-state index in [1.54, 1.807) is 0 Å². The van der Waals surface area contributed by atoms with E-state index in [1.807, 2.05) is 12.4 Å². The monoisotopic (exact) mass is 227 g/mol. The molecule has 0 unspecified atom stereocenters. The number of nitrogens with one attached hydrogen (secondary N) is 1. The molecule has 0 spiro atoms. The molecule has 0 aliphatic heterocycles. The molecule has 17 heavy (non-hydrogen) atoms. The van der Waals surface area contributed by atoms with Crippen LogP contribution >= 0.6 is 0 Å². The van der Waals surface area contributed by atoms with Crippen molar-refractivity contribution in [3.63, 3.8) is 0 Å². The molecule has 88 valence electrons. The van der Waals surface area contributed by atoms with Crippen LogP contribution in [0.4, 0.5) is 5.82 Å². The lowest BCUT2D eigenvalue weighted by molar-refractivity contribution is 0.565. The molecule has 0 aromatic carbocycles. The van der Waals surface area contributed by atoms with Crippen molar-refractivity contribution in [2.24, 2.45) is 11.8 Å². The van der Waals surface area contributed by atoms with Crippen LogP contribution in [0.25, 0.3) is 5.65 Å². The molecule has 0 saturated heterocycles. The molecule has 1 N–H and O–H groups in total. The first kappa shape index (κ1) is 9.51. The van der Waals surface area contributed by atoms with Crippen LogP contribution in [0.5, 0.6) is 0 Å². The Morgan fingerprint density at radius 2 is 1.94 bits per heavy atom. The van der Waals surface area contributed by atoms with Gasteiger partial charge in [0.1, 0.15) is 11.5 Å². The Morgan fingerprint density at radius 3 is 2.65 bits per heavy atom. The minimum Gasteiger partial charge on any atom is -0.368 e. The van der Waals surface area contributed by atoms with Crippen LogP contribution in [-0.2, 0) is 0 Å². The third-order valence-electron chi connectivity index (χ3n) is 4.00. The third kappa shape index (κ3) is 1.70. The standard InChI is InChI=1S/C14H17N3/c1-2-12-15-8-9-17(12)13(3-1)16-14(10-4-5-10)11-6-7-11/h1-3,8-11,14,16H,4-7H2. The fraction of sp³-hybridized carbons (Fsp3) is 0.500. The number of hydrogen-bond donors (Lipinski definition) is 1. The van der Waals surface area contributed by atoms with Gasteiger partial charge in [-0.2, -0.15) is 0 Å². The van der Waals surface area contributed by atoms with Crippen LogP contribution in [-0.4, -0.2) is 15.4 Å². The van der Waals surface area contributed by atoms with Crippen LogP contribution < -0.4 is 5.32 Å². The Morgan fingerprint density at radius 1 is 1.18 bits per heavy atom. The van der Waals surface area contributed by atoms with E-state index < -0.39 is 0 Å². The first-order valence-corrected chi connectivity index (χ1v) is 6.60. The first-order valence-electron chi connectivity index (χ1n) is 6.60. The molecule has 3 nitrogen and oxygen atoms in total. The highest BCUT2D eigenvalue weighted by atomic mass is 15.1. The van der Waals surface area contributed by atoms with Gasteiger partial charge in [0.05, 0.1) is 0 Å². The van der Waals surface area contributed by atoms with E-state index in [1.165, 1.54) is 31.5 Å². The van der Waals surface area contributed by atoms with Crippen molar-refractivity contribution in [2.45, 2.75) is 31.7 Å². The first-order chi connectivity index (χ1) is 8.42. The highest BCUT2D eigenvalue weighted by Gasteiger charge is 2.41. The van der Waals surface area contributed by atoms with Crippen molar-refractivity contribution in [2.75, 3.05) is 5.32 Å². The van der Waals surface area contributed by atoms with Gasteiger partial charge in [0.25, 0.3) is 0 Å². The summed E-state index contributed by atoms with van der Waals surface area (Å²) < 4.78 is 2.15. The molecule has 2 aromatic rings. The molecular weight excluding hydrogens is 210 g/mol. The predicted molar refractivity (Wildman–Crippen MR) is 68.1 cm³/mol. The van der Waals surface area contributed by atoms with Gasteiger partial charge in [-0.3, -0.25) is 4.40 Å². The highest BCUT2D eigenvalue weighted by Crippen LogP contribution is 2.45. The smallest absolute Gasteiger partial charge is 0.138 e. The van der Waals surface area contributed by atoms with Crippen molar-refractivity contribution in [3.8, 4) is 0 Å². The molecular formula is C14H17N3. The summed E-state index contributed by atoms with van der Waals surface area (Å²) >= 11 is 0. The van der Waals surface area contributed by atoms with E-state index in [0.29, 0.717) is 6.04 Å². The second kappa shape index (κ2) is 3.49. The summed E-state index contributed by atoms with van der Waals surface area (Å²) in [5, 5.41) is 3.75. The Hall–Kier alpha value is -1.51. The van der Waals surface area contributed by atoms with Gasteiger partial charge in [-0.15, -0.1) is 0 Å². The van der Waals surface area contributed by atoms with E-state index >= 15 is 0 Å². The molecule has 0 amide bonds. The van der Waals surface area contributed by atoms with Gasteiger partial charge in [0.15, 0.2) is 0 Å². The lowest BCUT2D eigenvalue weighted by Crippen LogP contribution is -2.25. The van der Waals surface area contributed by atoms with Crippen LogP contribution in [0, 0.1) is 11.8 Å². The number of nitrogens with zero attached hydrogens (tertiary/aromatic N) is 2. The maximum Gasteiger partial charge on any atom is 0.138 e. The lowest BCUT2D eigenvalue weighted by atomic mass is 10.1. The molecule has 0 atom stereocenters. The predicted octanol–water partition coefficient (Wildman–Crippen LogP) is 2.93. The summed E-state index contributed by atoms with van der Waals surface area (Å²) in [5.74, 6) is 3.03. The normalized spacial score (nSPS) is 20.1. The molecule has 2 saturated carbocycles. The second-order valence-electron chi connectivity index (χ2n) is 5.41. The second-order valence-corrected chi connectivity index (χ2v) is 5.41. The van der Waals surface area contributed by atoms with E-state index in [-0.39, 0.29) is 0 Å². The van der Waals surface area contributed by atoms with Crippen molar-refractivity contribution in [1.82, 2.24) is 9.38 Å². The number of fused-ring (bicyclic) bond motifs is 1. The van der Waals surface area contributed by atoms with Crippen LogP contribution in [0.2, 0.25) is 0 Å². The van der Waals surface area contributed by atoms with E-state index in [0.717, 1.165) is 17.5 Å². The van der Waals surface area contributed by atoms with Gasteiger partial charge in [-0.05, 0) is 49.7 Å². The summed E-state index contributed by atoms with van der Waals surface area (Å²) in [6, 6.07) is 6.99. The highest BCUT2D eigenvalue weighted by molar-refractivity contribution is 5.50. The SMILES string of the molecule is c1cc(NC(C2CC2)C2CC2)n2ccnc2c1. The maximum absolute atomic E-state index is 4.33. The van der Waals surface area contributed by atoms with Crippen molar-refractivity contribution >= 4 is 11.5 Å². The molecule has 0 radical (unpaired) electrons. The molecule has 2 heterocycles. The number of aromatic nitrogens is 2. The van der Waals surface area contributed by atoms with Crippen LogP contribution in [0.15, 0.2) is 30.6 Å². The summed E-state index contributed by atoms with van der Waals surface area (Å²) in [6.45, 7) is 0. The van der Waals surface area contributed by atoms with E-state index in [4.69, 9.17) is 0 Å². The summed E-state index contributed by atoms with van der Waals surface area (Å²) in [4.78, 5) is 4.33. The van der Waals surface area contributed by atoms with Crippen molar-refractivity contribution < 1.29 is 0 Å². The van der Waals surface area contributed by atoms with Crippen molar-refractivity contribution in [3.05, 3.63) is 30.6 Å². The average molecular weight is 227 g/mol. The Kier molecular flexibility index (Phi) is 1.95. The minimum atomic E-state index is 0.697.